The van der Waals surface area contributed by atoms with Gasteiger partial charge in [-0.3, -0.25) is 14.5 Å². The number of pyridine rings is 2. The van der Waals surface area contributed by atoms with Crippen molar-refractivity contribution in [2.45, 2.75) is 0 Å². The van der Waals surface area contributed by atoms with Gasteiger partial charge in [0, 0.05) is 51.1 Å². The molecule has 0 bridgehead atoms. The number of rotatable bonds is 5. The van der Waals surface area contributed by atoms with Crippen LogP contribution in [0.25, 0.3) is 137 Å². The second-order valence-electron chi connectivity index (χ2n) is 17.4. The van der Waals surface area contributed by atoms with Crippen LogP contribution in [-0.4, -0.2) is 24.5 Å². The largest absolute Gasteiger partial charge is 0.294 e. The van der Waals surface area contributed by atoms with Crippen LogP contribution < -0.4 is 0 Å². The number of benzene rings is 10. The molecule has 10 aromatic carbocycles. The Kier molecular flexibility index (Phi) is 8.21. The molecule has 310 valence electrons. The summed E-state index contributed by atoms with van der Waals surface area (Å²) in [7, 11) is 0. The molecule has 0 fully saturated rings. The molecule has 5 heteroatoms. The monoisotopic (exact) mass is 851 g/mol. The minimum atomic E-state index is 0.596. The second-order valence-corrected chi connectivity index (χ2v) is 17.4. The highest BCUT2D eigenvalue weighted by molar-refractivity contribution is 6.29. The Morgan fingerprint density at radius 3 is 1.67 bits per heavy atom. The van der Waals surface area contributed by atoms with E-state index in [4.69, 9.17) is 19.9 Å². The molecular formula is C62H37N5. The maximum Gasteiger partial charge on any atom is 0.164 e. The lowest BCUT2D eigenvalue weighted by Crippen LogP contribution is -2.03. The van der Waals surface area contributed by atoms with Gasteiger partial charge in [-0.25, -0.2) is 9.97 Å². The first kappa shape index (κ1) is 37.3. The van der Waals surface area contributed by atoms with Gasteiger partial charge >= 0.3 is 0 Å². The zero-order valence-corrected chi connectivity index (χ0v) is 36.1. The minimum Gasteiger partial charge on any atom is -0.294 e. The lowest BCUT2D eigenvalue weighted by atomic mass is 9.91. The fourth-order valence-corrected chi connectivity index (χ4v) is 10.5. The average Bonchev–Trinajstić information content (AvgIpc) is 3.72. The van der Waals surface area contributed by atoms with Crippen molar-refractivity contribution in [2.24, 2.45) is 0 Å². The van der Waals surface area contributed by atoms with Crippen LogP contribution in [-0.2, 0) is 0 Å². The third-order valence-electron chi connectivity index (χ3n) is 13.6. The van der Waals surface area contributed by atoms with Crippen LogP contribution in [0.2, 0.25) is 0 Å². The van der Waals surface area contributed by atoms with Crippen LogP contribution in [0.5, 0.6) is 0 Å². The lowest BCUT2D eigenvalue weighted by Gasteiger charge is -2.15. The zero-order chi connectivity index (χ0) is 44.0. The molecule has 14 aromatic rings. The smallest absolute Gasteiger partial charge is 0.164 e. The van der Waals surface area contributed by atoms with Crippen LogP contribution in [0.4, 0.5) is 0 Å². The van der Waals surface area contributed by atoms with E-state index in [-0.39, 0.29) is 0 Å². The van der Waals surface area contributed by atoms with Gasteiger partial charge in [0.15, 0.2) is 5.82 Å². The Bertz CT molecular complexity index is 4230. The molecule has 14 rings (SSSR count). The van der Waals surface area contributed by atoms with Gasteiger partial charge in [-0.05, 0) is 120 Å². The summed E-state index contributed by atoms with van der Waals surface area (Å²) in [4.78, 5) is 20.7. The molecule has 67 heavy (non-hydrogen) atoms. The second kappa shape index (κ2) is 14.7. The standard InChI is InChI=1S/C62H37N5/c1-2-12-38(13-3-1)44-27-29-57-54(34-44)55-35-52-47-21-7-6-20-46(47)51-33-45(43-25-24-39-14-4-5-15-42(39)32-43)26-28-48(51)53(52)36-58(55)67(57)59-37-56(49-22-8-16-40-18-10-30-63-60(40)49)65-62(66-59)50-23-9-17-41-19-11-31-64-61(41)50/h1-37H. The summed E-state index contributed by atoms with van der Waals surface area (Å²) >= 11 is 0. The van der Waals surface area contributed by atoms with E-state index in [9.17, 15) is 0 Å². The summed E-state index contributed by atoms with van der Waals surface area (Å²) in [5.74, 6) is 1.36. The highest BCUT2D eigenvalue weighted by Gasteiger charge is 2.21. The molecule has 0 aliphatic carbocycles. The summed E-state index contributed by atoms with van der Waals surface area (Å²) in [5, 5.41) is 14.1. The Morgan fingerprint density at radius 2 is 0.866 bits per heavy atom. The van der Waals surface area contributed by atoms with Crippen molar-refractivity contribution in [2.75, 3.05) is 0 Å². The first-order valence-corrected chi connectivity index (χ1v) is 22.7. The highest BCUT2D eigenvalue weighted by atomic mass is 15.1. The Balaban J connectivity index is 1.09. The lowest BCUT2D eigenvalue weighted by molar-refractivity contribution is 1.05. The molecule has 0 N–H and O–H groups in total. The molecule has 0 saturated carbocycles. The van der Waals surface area contributed by atoms with Crippen LogP contribution in [0.1, 0.15) is 0 Å². The fourth-order valence-electron chi connectivity index (χ4n) is 10.5. The third-order valence-corrected chi connectivity index (χ3v) is 13.6. The topological polar surface area (TPSA) is 56.5 Å². The number of hydrogen-bond acceptors (Lipinski definition) is 4. The molecule has 0 aliphatic rings. The molecule has 0 amide bonds. The van der Waals surface area contributed by atoms with Crippen LogP contribution in [0.3, 0.4) is 0 Å². The first-order valence-electron chi connectivity index (χ1n) is 22.7. The summed E-state index contributed by atoms with van der Waals surface area (Å²) in [6, 6.07) is 76.3. The average molecular weight is 852 g/mol. The van der Waals surface area contributed by atoms with E-state index in [1.165, 1.54) is 59.8 Å². The Labute approximate surface area is 384 Å². The Morgan fingerprint density at radius 1 is 0.299 bits per heavy atom. The zero-order valence-electron chi connectivity index (χ0n) is 36.1. The SMILES string of the molecule is c1ccc(-c2ccc3c(c2)c2cc4c5ccccc5c5cc(-c6ccc7ccccc7c6)ccc5c4cc2n3-c2cc(-c3cccc4cccnc34)nc(-c3cccc4cccnc34)n2)cc1. The summed E-state index contributed by atoms with van der Waals surface area (Å²) < 4.78 is 2.34. The van der Waals surface area contributed by atoms with Crippen LogP contribution in [0.15, 0.2) is 225 Å². The molecule has 0 radical (unpaired) electrons. The number of nitrogens with zero attached hydrogens (tertiary/aromatic N) is 5. The molecular weight excluding hydrogens is 815 g/mol. The molecule has 0 saturated heterocycles. The van der Waals surface area contributed by atoms with Crippen molar-refractivity contribution in [3.63, 3.8) is 0 Å². The summed E-state index contributed by atoms with van der Waals surface area (Å²) in [6.07, 6.45) is 3.69. The van der Waals surface area contributed by atoms with E-state index in [1.807, 2.05) is 24.5 Å². The Hall–Kier alpha value is -9.06. The predicted octanol–water partition coefficient (Wildman–Crippen LogP) is 16.0. The first-order chi connectivity index (χ1) is 33.2. The summed E-state index contributed by atoms with van der Waals surface area (Å²) in [5.41, 5.74) is 11.2. The van der Waals surface area contributed by atoms with Crippen molar-refractivity contribution >= 4 is 86.7 Å². The van der Waals surface area contributed by atoms with Crippen molar-refractivity contribution in [1.29, 1.82) is 0 Å². The van der Waals surface area contributed by atoms with Crippen molar-refractivity contribution in [3.05, 3.63) is 225 Å². The van der Waals surface area contributed by atoms with Crippen molar-refractivity contribution in [1.82, 2.24) is 24.5 Å². The molecule has 4 heterocycles. The maximum absolute atomic E-state index is 5.53. The summed E-state index contributed by atoms with van der Waals surface area (Å²) in [6.45, 7) is 0. The van der Waals surface area contributed by atoms with Crippen LogP contribution in [0, 0.1) is 0 Å². The van der Waals surface area contributed by atoms with E-state index in [2.05, 4.69) is 205 Å². The van der Waals surface area contributed by atoms with Crippen molar-refractivity contribution < 1.29 is 0 Å². The number of hydrogen-bond donors (Lipinski definition) is 0. The van der Waals surface area contributed by atoms with Gasteiger partial charge in [0.1, 0.15) is 5.82 Å². The highest BCUT2D eigenvalue weighted by Crippen LogP contribution is 2.43. The molecule has 5 nitrogen and oxygen atoms in total. The van der Waals surface area contributed by atoms with Gasteiger partial charge in [-0.15, -0.1) is 0 Å². The predicted molar refractivity (Wildman–Crippen MR) is 279 cm³/mol. The minimum absolute atomic E-state index is 0.596. The van der Waals surface area contributed by atoms with Crippen molar-refractivity contribution in [3.8, 4) is 50.7 Å². The van der Waals surface area contributed by atoms with Gasteiger partial charge in [-0.1, -0.05) is 152 Å². The van der Waals surface area contributed by atoms with Gasteiger partial charge in [-0.2, -0.15) is 0 Å². The number of fused-ring (bicyclic) bond motifs is 12. The van der Waals surface area contributed by atoms with Gasteiger partial charge in [0.25, 0.3) is 0 Å². The quantitative estimate of drug-likeness (QED) is 0.162. The fraction of sp³-hybridized carbons (Fsp3) is 0. The van der Waals surface area contributed by atoms with Gasteiger partial charge in [0.2, 0.25) is 0 Å². The van der Waals surface area contributed by atoms with Gasteiger partial charge < -0.3 is 0 Å². The number of para-hydroxylation sites is 2. The molecule has 0 aliphatic heterocycles. The third kappa shape index (κ3) is 5.95. The normalized spacial score (nSPS) is 11.9. The van der Waals surface area contributed by atoms with E-state index in [1.54, 1.807) is 0 Å². The molecule has 4 aromatic heterocycles. The van der Waals surface area contributed by atoms with E-state index < -0.39 is 0 Å². The van der Waals surface area contributed by atoms with E-state index >= 15 is 0 Å². The maximum atomic E-state index is 5.53. The molecule has 0 atom stereocenters. The number of aromatic nitrogens is 5. The molecule has 0 spiro atoms. The van der Waals surface area contributed by atoms with Crippen LogP contribution >= 0.6 is 0 Å². The van der Waals surface area contributed by atoms with E-state index in [0.29, 0.717) is 5.82 Å². The van der Waals surface area contributed by atoms with Gasteiger partial charge in [0.05, 0.1) is 27.8 Å². The molecule has 0 unspecified atom stereocenters. The van der Waals surface area contributed by atoms with E-state index in [0.717, 1.165) is 71.8 Å².